The molecule has 4 rings (SSSR count). The van der Waals surface area contributed by atoms with Crippen molar-refractivity contribution >= 4 is 29.4 Å². The van der Waals surface area contributed by atoms with E-state index in [0.29, 0.717) is 13.2 Å². The number of benzene rings is 2. The predicted molar refractivity (Wildman–Crippen MR) is 115 cm³/mol. The van der Waals surface area contributed by atoms with Crippen LogP contribution in [0.5, 0.6) is 0 Å². The Morgan fingerprint density at radius 3 is 2.83 bits per heavy atom. The molecular formula is C22H22N4O2S. The standard InChI is InChI=1S/C22H22N4O2S/c1-16(18-8-5-9-19(12-18)26-10-11-28-22(26)27)24-20-13-23-14-21(25-20)29-15-17-6-3-2-4-7-17/h2-9,12-14,16H,10-11,15H2,1H3,(H,24,25). The Balaban J connectivity index is 1.42. The topological polar surface area (TPSA) is 67.3 Å². The van der Waals surface area contributed by atoms with Gasteiger partial charge in [0.2, 0.25) is 0 Å². The summed E-state index contributed by atoms with van der Waals surface area (Å²) in [5, 5.41) is 4.28. The number of thioether (sulfide) groups is 1. The average Bonchev–Trinajstić information content (AvgIpc) is 3.19. The highest BCUT2D eigenvalue weighted by Gasteiger charge is 2.24. The van der Waals surface area contributed by atoms with E-state index in [1.54, 1.807) is 29.1 Å². The fourth-order valence-corrected chi connectivity index (χ4v) is 3.92. The van der Waals surface area contributed by atoms with Gasteiger partial charge in [-0.2, -0.15) is 0 Å². The van der Waals surface area contributed by atoms with Crippen molar-refractivity contribution in [2.45, 2.75) is 23.7 Å². The van der Waals surface area contributed by atoms with Crippen molar-refractivity contribution in [1.29, 1.82) is 0 Å². The summed E-state index contributed by atoms with van der Waals surface area (Å²) in [7, 11) is 0. The number of hydrogen-bond acceptors (Lipinski definition) is 6. The Labute approximate surface area is 174 Å². The maximum Gasteiger partial charge on any atom is 0.414 e. The van der Waals surface area contributed by atoms with Crippen LogP contribution in [-0.2, 0) is 10.5 Å². The third kappa shape index (κ3) is 4.86. The molecule has 1 aromatic heterocycles. The van der Waals surface area contributed by atoms with E-state index in [2.05, 4.69) is 34.3 Å². The number of hydrogen-bond donors (Lipinski definition) is 1. The molecular weight excluding hydrogens is 384 g/mol. The Hall–Kier alpha value is -3.06. The highest BCUT2D eigenvalue weighted by molar-refractivity contribution is 7.98. The van der Waals surface area contributed by atoms with Crippen LogP contribution in [0, 0.1) is 0 Å². The van der Waals surface area contributed by atoms with Gasteiger partial charge >= 0.3 is 6.09 Å². The van der Waals surface area contributed by atoms with Crippen molar-refractivity contribution in [3.8, 4) is 0 Å². The monoisotopic (exact) mass is 406 g/mol. The minimum absolute atomic E-state index is 0.0113. The number of cyclic esters (lactones) is 1. The van der Waals surface area contributed by atoms with Gasteiger partial charge in [-0.25, -0.2) is 9.78 Å². The van der Waals surface area contributed by atoms with E-state index >= 15 is 0 Å². The Morgan fingerprint density at radius 1 is 1.17 bits per heavy atom. The van der Waals surface area contributed by atoms with Crippen molar-refractivity contribution in [1.82, 2.24) is 9.97 Å². The smallest absolute Gasteiger partial charge is 0.414 e. The van der Waals surface area contributed by atoms with Gasteiger partial charge < -0.3 is 10.1 Å². The van der Waals surface area contributed by atoms with E-state index in [1.807, 2.05) is 42.5 Å². The second kappa shape index (κ2) is 8.96. The molecule has 6 nitrogen and oxygen atoms in total. The van der Waals surface area contributed by atoms with Gasteiger partial charge in [0.05, 0.1) is 25.0 Å². The zero-order valence-electron chi connectivity index (χ0n) is 16.1. The third-order valence-electron chi connectivity index (χ3n) is 4.65. The Morgan fingerprint density at radius 2 is 2.03 bits per heavy atom. The van der Waals surface area contributed by atoms with Crippen molar-refractivity contribution in [2.24, 2.45) is 0 Å². The molecule has 1 amide bonds. The van der Waals surface area contributed by atoms with Gasteiger partial charge in [0.25, 0.3) is 0 Å². The summed E-state index contributed by atoms with van der Waals surface area (Å²) in [5.41, 5.74) is 3.16. The van der Waals surface area contributed by atoms with Gasteiger partial charge in [-0.05, 0) is 30.2 Å². The molecule has 0 saturated carbocycles. The zero-order chi connectivity index (χ0) is 20.1. The summed E-state index contributed by atoms with van der Waals surface area (Å²) in [5.74, 6) is 1.57. The van der Waals surface area contributed by atoms with E-state index in [1.165, 1.54) is 5.56 Å². The fraction of sp³-hybridized carbons (Fsp3) is 0.227. The predicted octanol–water partition coefficient (Wildman–Crippen LogP) is 4.90. The third-order valence-corrected chi connectivity index (χ3v) is 5.62. The average molecular weight is 407 g/mol. The van der Waals surface area contributed by atoms with Crippen molar-refractivity contribution in [3.05, 3.63) is 78.1 Å². The molecule has 0 aliphatic carbocycles. The molecule has 0 bridgehead atoms. The lowest BCUT2D eigenvalue weighted by molar-refractivity contribution is 0.181. The summed E-state index contributed by atoms with van der Waals surface area (Å²) in [6.45, 7) is 3.07. The van der Waals surface area contributed by atoms with Crippen LogP contribution >= 0.6 is 11.8 Å². The van der Waals surface area contributed by atoms with E-state index in [4.69, 9.17) is 4.74 Å². The van der Waals surface area contributed by atoms with Crippen LogP contribution in [0.4, 0.5) is 16.3 Å². The van der Waals surface area contributed by atoms with Gasteiger partial charge in [-0.15, -0.1) is 11.8 Å². The lowest BCUT2D eigenvalue weighted by atomic mass is 10.1. The number of nitrogens with one attached hydrogen (secondary N) is 1. The van der Waals surface area contributed by atoms with Crippen molar-refractivity contribution in [2.75, 3.05) is 23.4 Å². The number of rotatable bonds is 7. The van der Waals surface area contributed by atoms with Gasteiger partial charge in [0.15, 0.2) is 0 Å². The van der Waals surface area contributed by atoms with E-state index < -0.39 is 0 Å². The van der Waals surface area contributed by atoms with E-state index in [-0.39, 0.29) is 12.1 Å². The molecule has 3 aromatic rings. The maximum atomic E-state index is 11.8. The lowest BCUT2D eigenvalue weighted by Gasteiger charge is -2.18. The summed E-state index contributed by atoms with van der Waals surface area (Å²) in [4.78, 5) is 22.5. The number of ether oxygens (including phenoxy) is 1. The molecule has 148 valence electrons. The van der Waals surface area contributed by atoms with Gasteiger partial charge in [-0.1, -0.05) is 42.5 Å². The minimum atomic E-state index is -0.295. The van der Waals surface area contributed by atoms with E-state index in [9.17, 15) is 4.79 Å². The Bertz CT molecular complexity index is 983. The quantitative estimate of drug-likeness (QED) is 0.563. The van der Waals surface area contributed by atoms with Crippen LogP contribution in [0.15, 0.2) is 72.0 Å². The van der Waals surface area contributed by atoms with Crippen LogP contribution in [0.1, 0.15) is 24.1 Å². The molecule has 1 aliphatic heterocycles. The largest absolute Gasteiger partial charge is 0.447 e. The van der Waals surface area contributed by atoms with Crippen LogP contribution in [-0.4, -0.2) is 29.2 Å². The minimum Gasteiger partial charge on any atom is -0.447 e. The molecule has 1 fully saturated rings. The molecule has 1 aliphatic rings. The summed E-state index contributed by atoms with van der Waals surface area (Å²) >= 11 is 1.66. The first-order valence-electron chi connectivity index (χ1n) is 9.48. The van der Waals surface area contributed by atoms with Crippen molar-refractivity contribution in [3.63, 3.8) is 0 Å². The number of carbonyl (C=O) groups is 1. The van der Waals surface area contributed by atoms with Gasteiger partial charge in [-0.3, -0.25) is 9.88 Å². The maximum absolute atomic E-state index is 11.8. The molecule has 2 heterocycles. The molecule has 7 heteroatoms. The number of nitrogens with zero attached hydrogens (tertiary/aromatic N) is 3. The summed E-state index contributed by atoms with van der Waals surface area (Å²) in [6, 6.07) is 18.2. The van der Waals surface area contributed by atoms with Crippen LogP contribution in [0.3, 0.4) is 0 Å². The van der Waals surface area contributed by atoms with Crippen LogP contribution in [0.2, 0.25) is 0 Å². The normalized spacial score (nSPS) is 14.5. The number of anilines is 2. The molecule has 0 spiro atoms. The first-order chi connectivity index (χ1) is 14.2. The molecule has 1 saturated heterocycles. The lowest BCUT2D eigenvalue weighted by Crippen LogP contribution is -2.23. The van der Waals surface area contributed by atoms with Crippen LogP contribution in [0.25, 0.3) is 0 Å². The Kier molecular flexibility index (Phi) is 5.95. The van der Waals surface area contributed by atoms with Gasteiger partial charge in [0.1, 0.15) is 17.5 Å². The van der Waals surface area contributed by atoms with Crippen LogP contribution < -0.4 is 10.2 Å². The van der Waals surface area contributed by atoms with E-state index in [0.717, 1.165) is 27.8 Å². The molecule has 2 aromatic carbocycles. The SMILES string of the molecule is CC(Nc1cncc(SCc2ccccc2)n1)c1cccc(N2CCOC2=O)c1. The van der Waals surface area contributed by atoms with Gasteiger partial charge in [0, 0.05) is 11.4 Å². The zero-order valence-corrected chi connectivity index (χ0v) is 16.9. The highest BCUT2D eigenvalue weighted by Crippen LogP contribution is 2.26. The number of amides is 1. The first-order valence-corrected chi connectivity index (χ1v) is 10.5. The summed E-state index contributed by atoms with van der Waals surface area (Å²) < 4.78 is 5.03. The molecule has 1 unspecified atom stereocenters. The molecule has 29 heavy (non-hydrogen) atoms. The summed E-state index contributed by atoms with van der Waals surface area (Å²) in [6.07, 6.45) is 3.21. The second-order valence-electron chi connectivity index (χ2n) is 6.74. The molecule has 1 N–H and O–H groups in total. The first kappa shape index (κ1) is 19.3. The molecule has 0 radical (unpaired) electrons. The molecule has 1 atom stereocenters. The highest BCUT2D eigenvalue weighted by atomic mass is 32.2. The van der Waals surface area contributed by atoms with Crippen molar-refractivity contribution < 1.29 is 9.53 Å². The number of aromatic nitrogens is 2. The second-order valence-corrected chi connectivity index (χ2v) is 7.74. The number of carbonyl (C=O) groups excluding carboxylic acids is 1. The fourth-order valence-electron chi connectivity index (χ4n) is 3.11.